The van der Waals surface area contributed by atoms with Crippen molar-refractivity contribution in [2.45, 2.75) is 51.0 Å². The van der Waals surface area contributed by atoms with Crippen molar-refractivity contribution in [2.24, 2.45) is 4.99 Å². The number of nitrogens with one attached hydrogen (secondary N) is 3. The summed E-state index contributed by atoms with van der Waals surface area (Å²) in [5.74, 6) is 0.750. The van der Waals surface area contributed by atoms with E-state index >= 15 is 0 Å². The number of hydrogen-bond acceptors (Lipinski definition) is 3. The van der Waals surface area contributed by atoms with E-state index in [0.29, 0.717) is 6.54 Å². The molecule has 2 aromatic rings. The average Bonchev–Trinajstić information content (AvgIpc) is 3.24. The van der Waals surface area contributed by atoms with Crippen LogP contribution in [0.4, 0.5) is 5.69 Å². The summed E-state index contributed by atoms with van der Waals surface area (Å²) in [5.41, 5.74) is 2.13. The molecule has 1 saturated carbocycles. The molecule has 1 aromatic carbocycles. The molecule has 5 nitrogen and oxygen atoms in total. The Labute approximate surface area is 171 Å². The lowest BCUT2D eigenvalue weighted by Gasteiger charge is -2.37. The Morgan fingerprint density at radius 1 is 1.14 bits per heavy atom. The number of carbonyl (C=O) groups excluding carboxylic acids is 1. The van der Waals surface area contributed by atoms with Crippen molar-refractivity contribution in [1.29, 1.82) is 0 Å². The quantitative estimate of drug-likeness (QED) is 0.503. The largest absolute Gasteiger partial charge is 0.355 e. The zero-order valence-corrected chi connectivity index (χ0v) is 17.6. The van der Waals surface area contributed by atoms with Gasteiger partial charge in [0.15, 0.2) is 5.96 Å². The first-order valence-corrected chi connectivity index (χ1v) is 10.8. The summed E-state index contributed by atoms with van der Waals surface area (Å²) >= 11 is 1.87. The maximum Gasteiger partial charge on any atom is 0.221 e. The van der Waals surface area contributed by atoms with Gasteiger partial charge in [0.1, 0.15) is 0 Å². The molecule has 3 N–H and O–H groups in total. The lowest BCUT2D eigenvalue weighted by atomic mass is 9.73. The molecule has 1 aromatic heterocycles. The number of amides is 1. The minimum absolute atomic E-state index is 0.0612. The topological polar surface area (TPSA) is 65.5 Å². The molecular formula is C22H30N4OS. The summed E-state index contributed by atoms with van der Waals surface area (Å²) in [6.45, 7) is 3.07. The second-order valence-electron chi connectivity index (χ2n) is 7.48. The van der Waals surface area contributed by atoms with Crippen LogP contribution in [0.1, 0.15) is 49.5 Å². The molecule has 6 heteroatoms. The first kappa shape index (κ1) is 20.4. The second kappa shape index (κ2) is 9.73. The summed E-state index contributed by atoms with van der Waals surface area (Å²) < 4.78 is 0. The van der Waals surface area contributed by atoms with Crippen molar-refractivity contribution < 1.29 is 4.79 Å². The SMILES string of the molecule is CN=C(NCc1cccc(NC(C)=O)c1)NCC1(c2cccs2)CCCCC1. The first-order valence-electron chi connectivity index (χ1n) is 9.96. The van der Waals surface area contributed by atoms with Crippen molar-refractivity contribution in [3.05, 3.63) is 52.2 Å². The van der Waals surface area contributed by atoms with Gasteiger partial charge in [-0.15, -0.1) is 11.3 Å². The maximum absolute atomic E-state index is 11.2. The van der Waals surface area contributed by atoms with Crippen LogP contribution in [-0.2, 0) is 16.8 Å². The minimum atomic E-state index is -0.0612. The van der Waals surface area contributed by atoms with Crippen LogP contribution in [-0.4, -0.2) is 25.5 Å². The van der Waals surface area contributed by atoms with Gasteiger partial charge in [-0.25, -0.2) is 0 Å². The number of anilines is 1. The molecule has 0 unspecified atom stereocenters. The van der Waals surface area contributed by atoms with Gasteiger partial charge in [0, 0.05) is 43.0 Å². The van der Waals surface area contributed by atoms with E-state index in [0.717, 1.165) is 23.8 Å². The average molecular weight is 399 g/mol. The Morgan fingerprint density at radius 2 is 1.96 bits per heavy atom. The molecule has 28 heavy (non-hydrogen) atoms. The van der Waals surface area contributed by atoms with Gasteiger partial charge in [-0.1, -0.05) is 37.5 Å². The first-order chi connectivity index (χ1) is 13.6. The number of aliphatic imine (C=N–C) groups is 1. The van der Waals surface area contributed by atoms with Crippen molar-refractivity contribution in [1.82, 2.24) is 10.6 Å². The summed E-state index contributed by atoms with van der Waals surface area (Å²) in [5, 5.41) is 12.0. The third kappa shape index (κ3) is 5.35. The molecule has 0 atom stereocenters. The molecule has 150 valence electrons. The Morgan fingerprint density at radius 3 is 2.64 bits per heavy atom. The van der Waals surface area contributed by atoms with Gasteiger partial charge in [0.05, 0.1) is 0 Å². The zero-order chi connectivity index (χ0) is 19.8. The highest BCUT2D eigenvalue weighted by molar-refractivity contribution is 7.10. The van der Waals surface area contributed by atoms with Gasteiger partial charge in [0.2, 0.25) is 5.91 Å². The van der Waals surface area contributed by atoms with E-state index < -0.39 is 0 Å². The van der Waals surface area contributed by atoms with Gasteiger partial charge in [-0.05, 0) is 42.0 Å². The lowest BCUT2D eigenvalue weighted by molar-refractivity contribution is -0.114. The molecule has 0 saturated heterocycles. The fourth-order valence-electron chi connectivity index (χ4n) is 3.94. The third-order valence-electron chi connectivity index (χ3n) is 5.38. The molecular weight excluding hydrogens is 368 g/mol. The van der Waals surface area contributed by atoms with Crippen LogP contribution < -0.4 is 16.0 Å². The van der Waals surface area contributed by atoms with Crippen molar-refractivity contribution in [2.75, 3.05) is 18.9 Å². The van der Waals surface area contributed by atoms with Gasteiger partial charge in [-0.3, -0.25) is 9.79 Å². The highest BCUT2D eigenvalue weighted by Crippen LogP contribution is 2.41. The van der Waals surface area contributed by atoms with E-state index in [4.69, 9.17) is 0 Å². The molecule has 1 aliphatic carbocycles. The summed E-state index contributed by atoms with van der Waals surface area (Å²) in [6.07, 6.45) is 6.39. The minimum Gasteiger partial charge on any atom is -0.355 e. The van der Waals surface area contributed by atoms with Gasteiger partial charge < -0.3 is 16.0 Å². The lowest BCUT2D eigenvalue weighted by Crippen LogP contribution is -2.46. The molecule has 1 amide bonds. The number of guanidine groups is 1. The molecule has 0 spiro atoms. The van der Waals surface area contributed by atoms with Crippen LogP contribution in [0.5, 0.6) is 0 Å². The second-order valence-corrected chi connectivity index (χ2v) is 8.43. The number of carbonyl (C=O) groups is 1. The number of nitrogens with zero attached hydrogens (tertiary/aromatic N) is 1. The maximum atomic E-state index is 11.2. The highest BCUT2D eigenvalue weighted by Gasteiger charge is 2.34. The van der Waals surface area contributed by atoms with Crippen LogP contribution in [0.3, 0.4) is 0 Å². The summed E-state index contributed by atoms with van der Waals surface area (Å²) in [7, 11) is 1.81. The molecule has 0 aliphatic heterocycles. The van der Waals surface area contributed by atoms with Crippen LogP contribution in [0.25, 0.3) is 0 Å². The van der Waals surface area contributed by atoms with Crippen LogP contribution in [0.15, 0.2) is 46.8 Å². The fourth-order valence-corrected chi connectivity index (χ4v) is 4.93. The van der Waals surface area contributed by atoms with Crippen molar-refractivity contribution in [3.8, 4) is 0 Å². The summed E-state index contributed by atoms with van der Waals surface area (Å²) in [6, 6.07) is 12.3. The number of thiophene rings is 1. The number of rotatable bonds is 6. The Kier molecular flexibility index (Phi) is 7.09. The Balaban J connectivity index is 1.59. The normalized spacial score (nSPS) is 16.4. The van der Waals surface area contributed by atoms with Gasteiger partial charge in [-0.2, -0.15) is 0 Å². The third-order valence-corrected chi connectivity index (χ3v) is 6.50. The van der Waals surface area contributed by atoms with Crippen molar-refractivity contribution in [3.63, 3.8) is 0 Å². The number of benzene rings is 1. The van der Waals surface area contributed by atoms with Crippen LogP contribution >= 0.6 is 11.3 Å². The predicted octanol–water partition coefficient (Wildman–Crippen LogP) is 4.27. The van der Waals surface area contributed by atoms with Crippen LogP contribution in [0.2, 0.25) is 0 Å². The van der Waals surface area contributed by atoms with E-state index in [1.54, 1.807) is 0 Å². The van der Waals surface area contributed by atoms with E-state index in [9.17, 15) is 4.79 Å². The Bertz CT molecular complexity index is 795. The van der Waals surface area contributed by atoms with E-state index in [1.807, 2.05) is 42.6 Å². The molecule has 3 rings (SSSR count). The molecule has 0 bridgehead atoms. The highest BCUT2D eigenvalue weighted by atomic mass is 32.1. The molecule has 1 heterocycles. The molecule has 0 radical (unpaired) electrons. The summed E-state index contributed by atoms with van der Waals surface area (Å²) in [4.78, 5) is 17.1. The van der Waals surface area contributed by atoms with Gasteiger partial charge >= 0.3 is 0 Å². The smallest absolute Gasteiger partial charge is 0.221 e. The van der Waals surface area contributed by atoms with E-state index in [1.165, 1.54) is 43.9 Å². The molecule has 1 fully saturated rings. The monoisotopic (exact) mass is 398 g/mol. The van der Waals surface area contributed by atoms with Crippen molar-refractivity contribution >= 4 is 28.9 Å². The predicted molar refractivity (Wildman–Crippen MR) is 118 cm³/mol. The van der Waals surface area contributed by atoms with E-state index in [2.05, 4.69) is 38.5 Å². The van der Waals surface area contributed by atoms with Gasteiger partial charge in [0.25, 0.3) is 0 Å². The number of hydrogen-bond donors (Lipinski definition) is 3. The standard InChI is InChI=1S/C22H30N4OS/c1-17(27)26-19-9-6-8-18(14-19)15-24-21(23-2)25-16-22(11-4-3-5-12-22)20-10-7-13-28-20/h6-10,13-14H,3-5,11-12,15-16H2,1-2H3,(H,26,27)(H2,23,24,25). The fraction of sp³-hybridized carbons (Fsp3) is 0.455. The zero-order valence-electron chi connectivity index (χ0n) is 16.8. The van der Waals surface area contributed by atoms with Crippen LogP contribution in [0, 0.1) is 0 Å². The van der Waals surface area contributed by atoms with E-state index in [-0.39, 0.29) is 11.3 Å². The molecule has 1 aliphatic rings. The Hall–Kier alpha value is -2.34.